The van der Waals surface area contributed by atoms with E-state index >= 15 is 0 Å². The lowest BCUT2D eigenvalue weighted by Gasteiger charge is -2.34. The Balaban J connectivity index is 1.47. The second-order valence-electron chi connectivity index (χ2n) is 11.7. The molecule has 0 radical (unpaired) electrons. The number of hydrogen-bond acceptors (Lipinski definition) is 8. The maximum absolute atomic E-state index is 13.0. The molecule has 230 valence electrons. The summed E-state index contributed by atoms with van der Waals surface area (Å²) in [7, 11) is 0.604. The van der Waals surface area contributed by atoms with Crippen LogP contribution >= 0.6 is 0 Å². The Hall–Kier alpha value is -3.47. The third-order valence-electron chi connectivity index (χ3n) is 7.74. The number of aromatic nitrogens is 3. The molecule has 2 aromatic heterocycles. The van der Waals surface area contributed by atoms with E-state index in [-0.39, 0.29) is 11.4 Å². The first kappa shape index (κ1) is 31.0. The maximum Gasteiger partial charge on any atom is 0.231 e. The number of hydrogen-bond donors (Lipinski definition) is 3. The van der Waals surface area contributed by atoms with Crippen LogP contribution in [0.4, 0.5) is 23.1 Å². The fraction of sp³-hybridized carbons (Fsp3) is 0.455. The number of fused-ring (bicyclic) bond motifs is 1. The first-order valence-corrected chi connectivity index (χ1v) is 16.4. The molecule has 1 fully saturated rings. The minimum atomic E-state index is -1.16. The molecular formula is C33H44N6O3S. The smallest absolute Gasteiger partial charge is 0.231 e. The van der Waals surface area contributed by atoms with Crippen LogP contribution in [0.25, 0.3) is 11.0 Å². The molecule has 4 aromatic rings. The maximum atomic E-state index is 13.0. The van der Waals surface area contributed by atoms with Crippen molar-refractivity contribution in [1.82, 2.24) is 19.9 Å². The summed E-state index contributed by atoms with van der Waals surface area (Å²) >= 11 is 0. The van der Waals surface area contributed by atoms with Gasteiger partial charge in [0.15, 0.2) is 0 Å². The minimum Gasteiger partial charge on any atom is -0.489 e. The topological polar surface area (TPSA) is 104 Å². The van der Waals surface area contributed by atoms with E-state index in [2.05, 4.69) is 39.6 Å². The highest BCUT2D eigenvalue weighted by Crippen LogP contribution is 2.38. The van der Waals surface area contributed by atoms with Crippen LogP contribution in [0.5, 0.6) is 5.75 Å². The average molecular weight is 605 g/mol. The summed E-state index contributed by atoms with van der Waals surface area (Å²) in [4.78, 5) is 16.1. The van der Waals surface area contributed by atoms with Gasteiger partial charge in [0.25, 0.3) is 0 Å². The van der Waals surface area contributed by atoms with Gasteiger partial charge in [-0.3, -0.25) is 4.21 Å². The van der Waals surface area contributed by atoms with Crippen LogP contribution in [0.2, 0.25) is 0 Å². The summed E-state index contributed by atoms with van der Waals surface area (Å²) in [5.41, 5.74) is 4.81. The van der Waals surface area contributed by atoms with Crippen molar-refractivity contribution in [3.8, 4) is 5.75 Å². The summed E-state index contributed by atoms with van der Waals surface area (Å²) < 4.78 is 24.7. The SMILES string of the molecule is COCCN1CCCC(c2cc(OC(C)C)c(Nc3nc(Nc4ccccc4S(=O)C(C)C)c4cc[nH]c4n3)cc2C)C1. The lowest BCUT2D eigenvalue weighted by Crippen LogP contribution is -2.36. The molecule has 1 aliphatic rings. The number of aromatic amines is 1. The molecule has 0 saturated carbocycles. The second-order valence-corrected chi connectivity index (χ2v) is 13.7. The molecule has 0 aliphatic carbocycles. The number of piperidine rings is 1. The Morgan fingerprint density at radius 1 is 1.09 bits per heavy atom. The lowest BCUT2D eigenvalue weighted by molar-refractivity contribution is 0.128. The summed E-state index contributed by atoms with van der Waals surface area (Å²) in [5, 5.41) is 7.73. The van der Waals surface area contributed by atoms with Crippen molar-refractivity contribution in [3.05, 3.63) is 59.8 Å². The van der Waals surface area contributed by atoms with Gasteiger partial charge in [0.2, 0.25) is 5.95 Å². The number of para-hydroxylation sites is 1. The fourth-order valence-corrected chi connectivity index (χ4v) is 6.72. The molecular weight excluding hydrogens is 560 g/mol. The normalized spacial score (nSPS) is 16.6. The molecule has 2 unspecified atom stereocenters. The van der Waals surface area contributed by atoms with E-state index in [1.54, 1.807) is 7.11 Å². The molecule has 1 saturated heterocycles. The standard InChI is InChI=1S/C33H44N6O3S/c1-21(2)42-29-19-26(24-10-9-15-39(20-24)16-17-41-6)23(5)18-28(29)36-33-37-31-25(13-14-34-31)32(38-33)35-27-11-7-8-12-30(27)43(40)22(3)4/h7-8,11-14,18-19,21-22,24H,9-10,15-17,20H2,1-6H3,(H3,34,35,36,37,38). The summed E-state index contributed by atoms with van der Waals surface area (Å²) in [5.74, 6) is 2.28. The number of methoxy groups -OCH3 is 1. The van der Waals surface area contributed by atoms with Crippen molar-refractivity contribution >= 4 is 45.0 Å². The lowest BCUT2D eigenvalue weighted by atomic mass is 9.87. The van der Waals surface area contributed by atoms with Gasteiger partial charge in [-0.05, 0) is 87.5 Å². The molecule has 2 atom stereocenters. The van der Waals surface area contributed by atoms with E-state index in [0.29, 0.717) is 23.3 Å². The third kappa shape index (κ3) is 7.37. The van der Waals surface area contributed by atoms with Gasteiger partial charge < -0.3 is 30.0 Å². The Morgan fingerprint density at radius 2 is 1.91 bits per heavy atom. The van der Waals surface area contributed by atoms with Gasteiger partial charge in [-0.1, -0.05) is 26.0 Å². The van der Waals surface area contributed by atoms with Crippen LogP contribution < -0.4 is 15.4 Å². The van der Waals surface area contributed by atoms with Gasteiger partial charge in [-0.25, -0.2) is 0 Å². The number of likely N-dealkylation sites (tertiary alicyclic amines) is 1. The van der Waals surface area contributed by atoms with E-state index in [0.717, 1.165) is 60.1 Å². The van der Waals surface area contributed by atoms with E-state index in [4.69, 9.17) is 19.4 Å². The van der Waals surface area contributed by atoms with E-state index < -0.39 is 10.8 Å². The quantitative estimate of drug-likeness (QED) is 0.161. The summed E-state index contributed by atoms with van der Waals surface area (Å²) in [6.45, 7) is 14.0. The first-order chi connectivity index (χ1) is 20.7. The Morgan fingerprint density at radius 3 is 2.67 bits per heavy atom. The van der Waals surface area contributed by atoms with E-state index in [1.165, 1.54) is 17.5 Å². The van der Waals surface area contributed by atoms with Crippen LogP contribution in [-0.4, -0.2) is 68.8 Å². The predicted octanol–water partition coefficient (Wildman–Crippen LogP) is 6.88. The molecule has 0 spiro atoms. The molecule has 10 heteroatoms. The first-order valence-electron chi connectivity index (χ1n) is 15.1. The number of nitrogens with one attached hydrogen (secondary N) is 3. The van der Waals surface area contributed by atoms with Gasteiger partial charge in [-0.15, -0.1) is 0 Å². The number of rotatable bonds is 12. The zero-order valence-electron chi connectivity index (χ0n) is 26.1. The molecule has 43 heavy (non-hydrogen) atoms. The zero-order valence-corrected chi connectivity index (χ0v) is 26.9. The fourth-order valence-electron chi connectivity index (χ4n) is 5.67. The summed E-state index contributed by atoms with van der Waals surface area (Å²) in [6.07, 6.45) is 4.17. The van der Waals surface area contributed by atoms with Crippen LogP contribution in [0.15, 0.2) is 53.6 Å². The Kier molecular flexibility index (Phi) is 10.00. The number of H-pyrrole nitrogens is 1. The number of aryl methyl sites for hydroxylation is 1. The van der Waals surface area contributed by atoms with Crippen molar-refractivity contribution in [2.45, 2.75) is 69.6 Å². The van der Waals surface area contributed by atoms with Crippen molar-refractivity contribution < 1.29 is 13.7 Å². The molecule has 9 nitrogen and oxygen atoms in total. The monoisotopic (exact) mass is 604 g/mol. The molecule has 0 amide bonds. The average Bonchev–Trinajstić information content (AvgIpc) is 3.46. The third-order valence-corrected chi connectivity index (χ3v) is 9.38. The number of ether oxygens (including phenoxy) is 2. The molecule has 0 bridgehead atoms. The Labute approximate surface area is 257 Å². The molecule has 3 heterocycles. The van der Waals surface area contributed by atoms with Crippen molar-refractivity contribution in [3.63, 3.8) is 0 Å². The van der Waals surface area contributed by atoms with E-state index in [9.17, 15) is 4.21 Å². The van der Waals surface area contributed by atoms with Crippen molar-refractivity contribution in [2.24, 2.45) is 0 Å². The van der Waals surface area contributed by atoms with E-state index in [1.807, 2.05) is 64.2 Å². The highest BCUT2D eigenvalue weighted by molar-refractivity contribution is 7.85. The van der Waals surface area contributed by atoms with Crippen LogP contribution in [0.1, 0.15) is 57.6 Å². The zero-order chi connectivity index (χ0) is 30.5. The van der Waals surface area contributed by atoms with Crippen molar-refractivity contribution in [1.29, 1.82) is 0 Å². The van der Waals surface area contributed by atoms with Gasteiger partial charge in [-0.2, -0.15) is 9.97 Å². The second kappa shape index (κ2) is 13.9. The molecule has 2 aromatic carbocycles. The molecule has 5 rings (SSSR count). The highest BCUT2D eigenvalue weighted by Gasteiger charge is 2.24. The van der Waals surface area contributed by atoms with Gasteiger partial charge in [0.05, 0.1) is 45.2 Å². The Bertz CT molecular complexity index is 1570. The number of nitrogens with zero attached hydrogens (tertiary/aromatic N) is 3. The summed E-state index contributed by atoms with van der Waals surface area (Å²) in [6, 6.07) is 14.0. The van der Waals surface area contributed by atoms with Gasteiger partial charge in [0.1, 0.15) is 17.2 Å². The number of anilines is 4. The molecule has 3 N–H and O–H groups in total. The van der Waals surface area contributed by atoms with Crippen LogP contribution in [-0.2, 0) is 15.5 Å². The predicted molar refractivity (Wildman–Crippen MR) is 176 cm³/mol. The number of benzene rings is 2. The van der Waals surface area contributed by atoms with Crippen molar-refractivity contribution in [2.75, 3.05) is 44.0 Å². The highest BCUT2D eigenvalue weighted by atomic mass is 32.2. The van der Waals surface area contributed by atoms with Crippen LogP contribution in [0, 0.1) is 6.92 Å². The van der Waals surface area contributed by atoms with Gasteiger partial charge in [0, 0.05) is 31.6 Å². The minimum absolute atomic E-state index is 0.00280. The van der Waals surface area contributed by atoms with Gasteiger partial charge >= 0.3 is 0 Å². The largest absolute Gasteiger partial charge is 0.489 e. The van der Waals surface area contributed by atoms with Crippen LogP contribution in [0.3, 0.4) is 0 Å². The molecule has 1 aliphatic heterocycles.